The Kier molecular flexibility index (Phi) is 5.21. The molecule has 4 N–H and O–H groups in total. The third kappa shape index (κ3) is 3.75. The zero-order valence-corrected chi connectivity index (χ0v) is 11.7. The van der Waals surface area contributed by atoms with Crippen molar-refractivity contribution in [1.82, 2.24) is 0 Å². The zero-order chi connectivity index (χ0) is 15.2. The van der Waals surface area contributed by atoms with Crippen LogP contribution < -0.4 is 10.1 Å². The minimum atomic E-state index is -0.812. The van der Waals surface area contributed by atoms with Gasteiger partial charge in [-0.3, -0.25) is 0 Å². The van der Waals surface area contributed by atoms with Crippen LogP contribution in [0.1, 0.15) is 5.76 Å². The van der Waals surface area contributed by atoms with E-state index >= 15 is 0 Å². The van der Waals surface area contributed by atoms with E-state index in [2.05, 4.69) is 5.32 Å². The summed E-state index contributed by atoms with van der Waals surface area (Å²) in [5.41, 5.74) is 1.53. The maximum absolute atomic E-state index is 9.33. The van der Waals surface area contributed by atoms with Crippen molar-refractivity contribution in [2.75, 3.05) is 25.6 Å². The van der Waals surface area contributed by atoms with Gasteiger partial charge in [-0.05, 0) is 24.3 Å². The summed E-state index contributed by atoms with van der Waals surface area (Å²) in [6, 6.07) is 8.90. The average Bonchev–Trinajstić information content (AvgIpc) is 3.01. The van der Waals surface area contributed by atoms with E-state index in [1.807, 2.05) is 12.1 Å². The van der Waals surface area contributed by atoms with Gasteiger partial charge in [0.15, 0.2) is 0 Å². The van der Waals surface area contributed by atoms with E-state index in [9.17, 15) is 5.11 Å². The molecule has 0 aliphatic carbocycles. The van der Waals surface area contributed by atoms with Gasteiger partial charge < -0.3 is 29.8 Å². The highest BCUT2D eigenvalue weighted by Gasteiger charge is 2.11. The van der Waals surface area contributed by atoms with Gasteiger partial charge in [0.05, 0.1) is 25.4 Å². The number of aliphatic hydroxyl groups is 3. The third-order valence-electron chi connectivity index (χ3n) is 3.04. The number of hydrogen-bond donors (Lipinski definition) is 4. The number of rotatable bonds is 7. The van der Waals surface area contributed by atoms with Crippen molar-refractivity contribution >= 4 is 5.69 Å². The van der Waals surface area contributed by atoms with Crippen molar-refractivity contribution in [3.8, 4) is 17.1 Å². The lowest BCUT2D eigenvalue weighted by Crippen LogP contribution is -2.22. The second kappa shape index (κ2) is 7.12. The first-order chi connectivity index (χ1) is 10.2. The van der Waals surface area contributed by atoms with Gasteiger partial charge >= 0.3 is 0 Å². The molecule has 6 nitrogen and oxygen atoms in total. The molecule has 1 heterocycles. The smallest absolute Gasteiger partial charge is 0.138 e. The highest BCUT2D eigenvalue weighted by molar-refractivity contribution is 5.70. The summed E-state index contributed by atoms with van der Waals surface area (Å²) in [5.74, 6) is 1.70. The monoisotopic (exact) mass is 293 g/mol. The molecule has 2 rings (SSSR count). The molecule has 1 aromatic heterocycles. The molecule has 21 heavy (non-hydrogen) atoms. The van der Waals surface area contributed by atoms with Crippen molar-refractivity contribution in [2.24, 2.45) is 0 Å². The molecule has 2 aromatic rings. The van der Waals surface area contributed by atoms with Crippen LogP contribution in [0.4, 0.5) is 5.69 Å². The van der Waals surface area contributed by atoms with Crippen molar-refractivity contribution in [3.63, 3.8) is 0 Å². The highest BCUT2D eigenvalue weighted by atomic mass is 16.5. The van der Waals surface area contributed by atoms with Crippen LogP contribution in [0.3, 0.4) is 0 Å². The number of ether oxygens (including phenoxy) is 1. The topological polar surface area (TPSA) is 95.1 Å². The predicted molar refractivity (Wildman–Crippen MR) is 78.2 cm³/mol. The summed E-state index contributed by atoms with van der Waals surface area (Å²) >= 11 is 0. The van der Waals surface area contributed by atoms with Crippen LogP contribution in [0.5, 0.6) is 5.75 Å². The van der Waals surface area contributed by atoms with E-state index in [0.717, 1.165) is 11.3 Å². The van der Waals surface area contributed by atoms with Gasteiger partial charge in [-0.15, -0.1) is 0 Å². The van der Waals surface area contributed by atoms with Crippen molar-refractivity contribution in [1.29, 1.82) is 0 Å². The Balaban J connectivity index is 2.20. The summed E-state index contributed by atoms with van der Waals surface area (Å²) in [6.45, 7) is -0.200. The lowest BCUT2D eigenvalue weighted by atomic mass is 10.1. The van der Waals surface area contributed by atoms with Crippen LogP contribution in [-0.4, -0.2) is 41.7 Å². The lowest BCUT2D eigenvalue weighted by molar-refractivity contribution is 0.105. The van der Waals surface area contributed by atoms with Crippen LogP contribution in [0.15, 0.2) is 34.7 Å². The van der Waals surface area contributed by atoms with Crippen LogP contribution in [-0.2, 0) is 6.61 Å². The molecule has 0 aliphatic rings. The molecule has 0 saturated heterocycles. The zero-order valence-electron chi connectivity index (χ0n) is 11.7. The molecule has 114 valence electrons. The summed E-state index contributed by atoms with van der Waals surface area (Å²) in [7, 11) is 1.56. The van der Waals surface area contributed by atoms with Gasteiger partial charge in [-0.2, -0.15) is 0 Å². The Morgan fingerprint density at radius 2 is 2.05 bits per heavy atom. The first kappa shape index (κ1) is 15.4. The van der Waals surface area contributed by atoms with Gasteiger partial charge in [-0.25, -0.2) is 0 Å². The molecule has 1 aromatic carbocycles. The van der Waals surface area contributed by atoms with Crippen LogP contribution in [0.25, 0.3) is 11.3 Å². The fraction of sp³-hybridized carbons (Fsp3) is 0.333. The number of anilines is 1. The quantitative estimate of drug-likeness (QED) is 0.613. The minimum absolute atomic E-state index is 0.152. The maximum atomic E-state index is 9.33. The Labute approximate surface area is 122 Å². The fourth-order valence-corrected chi connectivity index (χ4v) is 1.91. The molecule has 0 radical (unpaired) electrons. The Bertz CT molecular complexity index is 581. The molecular weight excluding hydrogens is 274 g/mol. The van der Waals surface area contributed by atoms with Gasteiger partial charge in [0.1, 0.15) is 23.9 Å². The molecule has 0 fully saturated rings. The van der Waals surface area contributed by atoms with E-state index < -0.39 is 6.10 Å². The number of hydrogen-bond acceptors (Lipinski definition) is 6. The van der Waals surface area contributed by atoms with Crippen molar-refractivity contribution in [3.05, 3.63) is 36.1 Å². The lowest BCUT2D eigenvalue weighted by Gasteiger charge is -2.13. The second-order valence-corrected chi connectivity index (χ2v) is 4.56. The minimum Gasteiger partial charge on any atom is -0.496 e. The first-order valence-corrected chi connectivity index (χ1v) is 6.58. The first-order valence-electron chi connectivity index (χ1n) is 6.58. The van der Waals surface area contributed by atoms with E-state index in [1.54, 1.807) is 25.3 Å². The van der Waals surface area contributed by atoms with Gasteiger partial charge in [0.25, 0.3) is 0 Å². The molecule has 0 spiro atoms. The number of nitrogens with one attached hydrogen (secondary N) is 1. The number of aliphatic hydroxyl groups excluding tert-OH is 3. The Morgan fingerprint density at radius 1 is 1.24 bits per heavy atom. The largest absolute Gasteiger partial charge is 0.496 e. The number of furan rings is 1. The Hall–Kier alpha value is -2.02. The average molecular weight is 293 g/mol. The van der Waals surface area contributed by atoms with Gasteiger partial charge in [0, 0.05) is 18.3 Å². The van der Waals surface area contributed by atoms with Crippen molar-refractivity contribution in [2.45, 2.75) is 12.7 Å². The van der Waals surface area contributed by atoms with E-state index in [1.165, 1.54) is 0 Å². The molecule has 6 heteroatoms. The summed E-state index contributed by atoms with van der Waals surface area (Å²) in [6.07, 6.45) is -0.812. The van der Waals surface area contributed by atoms with Crippen LogP contribution in [0.2, 0.25) is 0 Å². The number of methoxy groups -OCH3 is 1. The van der Waals surface area contributed by atoms with Gasteiger partial charge in [-0.1, -0.05) is 0 Å². The van der Waals surface area contributed by atoms with Gasteiger partial charge in [0.2, 0.25) is 0 Å². The molecule has 0 saturated carbocycles. The molecule has 1 unspecified atom stereocenters. The second-order valence-electron chi connectivity index (χ2n) is 4.56. The van der Waals surface area contributed by atoms with Crippen LogP contribution >= 0.6 is 0 Å². The highest BCUT2D eigenvalue weighted by Crippen LogP contribution is 2.33. The van der Waals surface area contributed by atoms with E-state index in [-0.39, 0.29) is 19.8 Å². The third-order valence-corrected chi connectivity index (χ3v) is 3.04. The molecule has 0 bridgehead atoms. The fourth-order valence-electron chi connectivity index (χ4n) is 1.91. The summed E-state index contributed by atoms with van der Waals surface area (Å²) < 4.78 is 10.8. The van der Waals surface area contributed by atoms with Crippen molar-refractivity contribution < 1.29 is 24.5 Å². The summed E-state index contributed by atoms with van der Waals surface area (Å²) in [5, 5.41) is 30.1. The van der Waals surface area contributed by atoms with E-state index in [4.69, 9.17) is 19.4 Å². The predicted octanol–water partition coefficient (Wildman–Crippen LogP) is 1.21. The molecule has 1 atom stereocenters. The molecule has 0 amide bonds. The Morgan fingerprint density at radius 3 is 2.67 bits per heavy atom. The summed E-state index contributed by atoms with van der Waals surface area (Å²) in [4.78, 5) is 0. The van der Waals surface area contributed by atoms with E-state index in [0.29, 0.717) is 17.3 Å². The number of benzene rings is 1. The normalized spacial score (nSPS) is 12.2. The maximum Gasteiger partial charge on any atom is 0.138 e. The van der Waals surface area contributed by atoms with Crippen LogP contribution in [0, 0.1) is 0 Å². The standard InChI is InChI=1S/C15H19NO5/c1-20-15-6-10(16-7-11(19)8-17)2-4-13(15)14-5-3-12(9-18)21-14/h2-6,11,16-19H,7-9H2,1H3. The molecule has 0 aliphatic heterocycles. The SMILES string of the molecule is COc1cc(NCC(O)CO)ccc1-c1ccc(CO)o1. The molecular formula is C15H19NO5.